The molecule has 0 atom stereocenters. The minimum Gasteiger partial charge on any atom is -0.394 e. The zero-order valence-electron chi connectivity index (χ0n) is 8.80. The van der Waals surface area contributed by atoms with Gasteiger partial charge in [0.15, 0.2) is 0 Å². The van der Waals surface area contributed by atoms with Crippen LogP contribution in [0.2, 0.25) is 0 Å². The third-order valence-corrected chi connectivity index (χ3v) is 3.94. The zero-order chi connectivity index (χ0) is 11.3. The molecule has 0 aliphatic heterocycles. The molecule has 0 aliphatic rings. The lowest BCUT2D eigenvalue weighted by molar-refractivity contribution is 0.225. The second-order valence-corrected chi connectivity index (χ2v) is 4.94. The van der Waals surface area contributed by atoms with Crippen molar-refractivity contribution in [3.8, 4) is 0 Å². The smallest absolute Gasteiger partial charge is 0.356 e. The molecule has 0 fully saturated rings. The van der Waals surface area contributed by atoms with E-state index in [1.54, 1.807) is 0 Å². The van der Waals surface area contributed by atoms with Gasteiger partial charge in [0.25, 0.3) is 0 Å². The molecular formula is C10H14F2O2Si. The molecule has 0 radical (unpaired) electrons. The molecule has 0 heterocycles. The summed E-state index contributed by atoms with van der Waals surface area (Å²) in [6, 6.07) is 3.38. The average Bonchev–Trinajstić information content (AvgIpc) is 2.16. The molecule has 0 saturated heterocycles. The van der Waals surface area contributed by atoms with E-state index in [4.69, 9.17) is 8.85 Å². The van der Waals surface area contributed by atoms with Gasteiger partial charge in [0.2, 0.25) is 0 Å². The van der Waals surface area contributed by atoms with Gasteiger partial charge >= 0.3 is 9.28 Å². The van der Waals surface area contributed by atoms with Gasteiger partial charge in [-0.05, 0) is 31.2 Å². The molecule has 15 heavy (non-hydrogen) atoms. The first-order chi connectivity index (χ1) is 7.17. The standard InChI is InChI=1S/C10H14F2O2Si/c1-3-13-15(14-4-2)10-6-8(11)5-9(12)7-10/h5-7,15H,3-4H2,1-2H3. The van der Waals surface area contributed by atoms with E-state index in [9.17, 15) is 8.78 Å². The molecule has 1 aromatic carbocycles. The predicted molar refractivity (Wildman–Crippen MR) is 56.4 cm³/mol. The number of hydrogen-bond donors (Lipinski definition) is 0. The minimum absolute atomic E-state index is 0.481. The van der Waals surface area contributed by atoms with E-state index in [-0.39, 0.29) is 0 Å². The van der Waals surface area contributed by atoms with Crippen molar-refractivity contribution in [2.45, 2.75) is 13.8 Å². The lowest BCUT2D eigenvalue weighted by Gasteiger charge is -2.14. The van der Waals surface area contributed by atoms with E-state index in [1.807, 2.05) is 13.8 Å². The number of halogens is 2. The molecule has 0 bridgehead atoms. The Bertz CT molecular complexity index is 294. The molecule has 84 valence electrons. The molecule has 0 unspecified atom stereocenters. The van der Waals surface area contributed by atoms with E-state index < -0.39 is 20.9 Å². The maximum absolute atomic E-state index is 12.9. The highest BCUT2D eigenvalue weighted by Gasteiger charge is 2.17. The van der Waals surface area contributed by atoms with Gasteiger partial charge < -0.3 is 8.85 Å². The number of hydrogen-bond acceptors (Lipinski definition) is 2. The van der Waals surface area contributed by atoms with Gasteiger partial charge in [-0.25, -0.2) is 8.78 Å². The Hall–Kier alpha value is -0.783. The summed E-state index contributed by atoms with van der Waals surface area (Å²) in [5, 5.41) is 0.496. The van der Waals surface area contributed by atoms with Crippen LogP contribution in [0.3, 0.4) is 0 Å². The van der Waals surface area contributed by atoms with Crippen LogP contribution in [0.15, 0.2) is 18.2 Å². The third-order valence-electron chi connectivity index (χ3n) is 1.79. The number of rotatable bonds is 5. The normalized spacial score (nSPS) is 11.0. The van der Waals surface area contributed by atoms with Crippen molar-refractivity contribution in [3.63, 3.8) is 0 Å². The zero-order valence-corrected chi connectivity index (χ0v) is 9.95. The van der Waals surface area contributed by atoms with Crippen LogP contribution in [-0.4, -0.2) is 22.5 Å². The first-order valence-corrected chi connectivity index (χ1v) is 6.38. The van der Waals surface area contributed by atoms with E-state index in [2.05, 4.69) is 0 Å². The van der Waals surface area contributed by atoms with Gasteiger partial charge in [-0.3, -0.25) is 0 Å². The van der Waals surface area contributed by atoms with Crippen molar-refractivity contribution in [1.82, 2.24) is 0 Å². The van der Waals surface area contributed by atoms with E-state index in [1.165, 1.54) is 12.1 Å². The highest BCUT2D eigenvalue weighted by Crippen LogP contribution is 2.02. The number of benzene rings is 1. The molecule has 0 aromatic heterocycles. The van der Waals surface area contributed by atoms with E-state index in [0.29, 0.717) is 18.4 Å². The van der Waals surface area contributed by atoms with Crippen molar-refractivity contribution >= 4 is 14.5 Å². The van der Waals surface area contributed by atoms with Gasteiger partial charge in [-0.1, -0.05) is 0 Å². The lowest BCUT2D eigenvalue weighted by Crippen LogP contribution is -2.37. The van der Waals surface area contributed by atoms with Crippen LogP contribution >= 0.6 is 0 Å². The van der Waals surface area contributed by atoms with Crippen LogP contribution < -0.4 is 5.19 Å². The predicted octanol–water partition coefficient (Wildman–Crippen LogP) is 1.47. The minimum atomic E-state index is -2.13. The summed E-state index contributed by atoms with van der Waals surface area (Å²) in [6.45, 7) is 4.62. The van der Waals surface area contributed by atoms with Crippen molar-refractivity contribution < 1.29 is 17.6 Å². The van der Waals surface area contributed by atoms with Crippen molar-refractivity contribution in [2.75, 3.05) is 13.2 Å². The van der Waals surface area contributed by atoms with Gasteiger partial charge in [0.05, 0.1) is 0 Å². The monoisotopic (exact) mass is 232 g/mol. The molecule has 0 aliphatic carbocycles. The molecule has 2 nitrogen and oxygen atoms in total. The Kier molecular flexibility index (Phi) is 4.87. The Morgan fingerprint density at radius 1 is 1.00 bits per heavy atom. The Balaban J connectivity index is 2.88. The fourth-order valence-electron chi connectivity index (χ4n) is 1.25. The summed E-state index contributed by atoms with van der Waals surface area (Å²) >= 11 is 0. The molecule has 1 rings (SSSR count). The summed E-state index contributed by atoms with van der Waals surface area (Å²) in [5.74, 6) is -1.19. The molecule has 5 heteroatoms. The third kappa shape index (κ3) is 3.69. The molecule has 1 aromatic rings. The highest BCUT2D eigenvalue weighted by atomic mass is 28.3. The maximum atomic E-state index is 12.9. The van der Waals surface area contributed by atoms with Gasteiger partial charge in [-0.2, -0.15) is 0 Å². The second kappa shape index (κ2) is 5.94. The molecular weight excluding hydrogens is 218 g/mol. The molecule has 0 N–H and O–H groups in total. The first kappa shape index (κ1) is 12.3. The van der Waals surface area contributed by atoms with Crippen LogP contribution in [0.4, 0.5) is 8.78 Å². The van der Waals surface area contributed by atoms with Crippen LogP contribution in [0.5, 0.6) is 0 Å². The summed E-state index contributed by atoms with van der Waals surface area (Å²) in [4.78, 5) is 0. The molecule has 0 spiro atoms. The Morgan fingerprint density at radius 3 is 1.87 bits per heavy atom. The van der Waals surface area contributed by atoms with Crippen molar-refractivity contribution in [1.29, 1.82) is 0 Å². The van der Waals surface area contributed by atoms with E-state index >= 15 is 0 Å². The SMILES string of the molecule is CCO[SiH](OCC)c1cc(F)cc(F)c1. The van der Waals surface area contributed by atoms with E-state index in [0.717, 1.165) is 6.07 Å². The second-order valence-electron chi connectivity index (χ2n) is 2.95. The Labute approximate surface area is 89.7 Å². The quantitative estimate of drug-likeness (QED) is 0.716. The summed E-state index contributed by atoms with van der Waals surface area (Å²) < 4.78 is 36.6. The molecule has 0 saturated carbocycles. The molecule has 0 amide bonds. The fourth-order valence-corrected chi connectivity index (χ4v) is 2.93. The largest absolute Gasteiger partial charge is 0.394 e. The van der Waals surface area contributed by atoms with Crippen LogP contribution in [0.1, 0.15) is 13.8 Å². The summed E-state index contributed by atoms with van der Waals surface area (Å²) in [7, 11) is -2.13. The van der Waals surface area contributed by atoms with Gasteiger partial charge in [-0.15, -0.1) is 0 Å². The van der Waals surface area contributed by atoms with Crippen LogP contribution in [-0.2, 0) is 8.85 Å². The lowest BCUT2D eigenvalue weighted by atomic mass is 10.3. The maximum Gasteiger partial charge on any atom is 0.356 e. The van der Waals surface area contributed by atoms with Gasteiger partial charge in [0, 0.05) is 19.3 Å². The Morgan fingerprint density at radius 2 is 1.47 bits per heavy atom. The van der Waals surface area contributed by atoms with Crippen LogP contribution in [0, 0.1) is 11.6 Å². The fraction of sp³-hybridized carbons (Fsp3) is 0.400. The first-order valence-electron chi connectivity index (χ1n) is 4.86. The summed E-state index contributed by atoms with van der Waals surface area (Å²) in [6.07, 6.45) is 0. The average molecular weight is 232 g/mol. The van der Waals surface area contributed by atoms with Crippen molar-refractivity contribution in [3.05, 3.63) is 29.8 Å². The van der Waals surface area contributed by atoms with Crippen molar-refractivity contribution in [2.24, 2.45) is 0 Å². The van der Waals surface area contributed by atoms with Gasteiger partial charge in [0.1, 0.15) is 11.6 Å². The topological polar surface area (TPSA) is 18.5 Å². The highest BCUT2D eigenvalue weighted by molar-refractivity contribution is 6.61. The van der Waals surface area contributed by atoms with Crippen LogP contribution in [0.25, 0.3) is 0 Å². The summed E-state index contributed by atoms with van der Waals surface area (Å²) in [5.41, 5.74) is 0.